The molecule has 0 unspecified atom stereocenters. The van der Waals surface area contributed by atoms with Crippen LogP contribution in [0.25, 0.3) is 0 Å². The van der Waals surface area contributed by atoms with Gasteiger partial charge in [0, 0.05) is 0 Å². The molecule has 0 heteroatoms. The Bertz CT molecular complexity index is 228. The third-order valence-electron chi connectivity index (χ3n) is 2.25. The predicted octanol–water partition coefficient (Wildman–Crippen LogP) is 4.57. The normalized spacial score (nSPS) is 28.6. The average molecular weight is 188 g/mol. The van der Waals surface area contributed by atoms with Crippen molar-refractivity contribution in [1.82, 2.24) is 0 Å². The second-order valence-corrected chi connectivity index (χ2v) is 3.55. The van der Waals surface area contributed by atoms with E-state index >= 15 is 0 Å². The zero-order chi connectivity index (χ0) is 9.90. The maximum atomic E-state index is 2.30. The van der Waals surface area contributed by atoms with E-state index in [4.69, 9.17) is 0 Å². The molecule has 0 spiro atoms. The molecule has 0 atom stereocenters. The van der Waals surface area contributed by atoms with Crippen LogP contribution in [0.1, 0.15) is 38.5 Å². The fourth-order valence-corrected chi connectivity index (χ4v) is 1.42. The lowest BCUT2D eigenvalue weighted by molar-refractivity contribution is 0.761. The minimum absolute atomic E-state index is 1.05. The molecule has 0 N–H and O–H groups in total. The highest BCUT2D eigenvalue weighted by atomic mass is 13.9. The highest BCUT2D eigenvalue weighted by Gasteiger charge is 1.83. The Morgan fingerprint density at radius 3 is 1.93 bits per heavy atom. The molecule has 0 aromatic carbocycles. The summed E-state index contributed by atoms with van der Waals surface area (Å²) >= 11 is 0. The molecule has 0 aliphatic heterocycles. The van der Waals surface area contributed by atoms with Crippen molar-refractivity contribution in [3.05, 3.63) is 48.6 Å². The first-order valence-electron chi connectivity index (χ1n) is 5.62. The molecule has 0 heterocycles. The van der Waals surface area contributed by atoms with Crippen molar-refractivity contribution in [1.29, 1.82) is 0 Å². The summed E-state index contributed by atoms with van der Waals surface area (Å²) in [5.41, 5.74) is 0. The summed E-state index contributed by atoms with van der Waals surface area (Å²) in [6.07, 6.45) is 25.0. The molecule has 76 valence electrons. The van der Waals surface area contributed by atoms with Crippen LogP contribution in [0.5, 0.6) is 0 Å². The van der Waals surface area contributed by atoms with Crippen molar-refractivity contribution < 1.29 is 0 Å². The quantitative estimate of drug-likeness (QED) is 0.489. The van der Waals surface area contributed by atoms with Gasteiger partial charge in [-0.15, -0.1) is 0 Å². The van der Waals surface area contributed by atoms with E-state index in [1.165, 1.54) is 25.7 Å². The molecule has 1 aliphatic carbocycles. The lowest BCUT2D eigenvalue weighted by Gasteiger charge is -1.93. The molecule has 0 aromatic rings. The molecule has 0 nitrogen and oxygen atoms in total. The molecule has 0 saturated heterocycles. The molecular weight excluding hydrogens is 168 g/mol. The van der Waals surface area contributed by atoms with Crippen LogP contribution in [0, 0.1) is 0 Å². The van der Waals surface area contributed by atoms with Crippen molar-refractivity contribution in [3.63, 3.8) is 0 Å². The minimum Gasteiger partial charge on any atom is -0.0882 e. The summed E-state index contributed by atoms with van der Waals surface area (Å²) in [7, 11) is 0. The summed E-state index contributed by atoms with van der Waals surface area (Å²) < 4.78 is 0. The highest BCUT2D eigenvalue weighted by Crippen LogP contribution is 2.03. The van der Waals surface area contributed by atoms with Gasteiger partial charge in [0.15, 0.2) is 0 Å². The molecule has 1 rings (SSSR count). The van der Waals surface area contributed by atoms with Crippen LogP contribution in [-0.2, 0) is 0 Å². The molecule has 0 amide bonds. The van der Waals surface area contributed by atoms with Crippen LogP contribution in [0.3, 0.4) is 0 Å². The van der Waals surface area contributed by atoms with Crippen molar-refractivity contribution >= 4 is 0 Å². The molecule has 0 aromatic heterocycles. The third kappa shape index (κ3) is 6.47. The Hall–Kier alpha value is -1.04. The summed E-state index contributed by atoms with van der Waals surface area (Å²) in [6, 6.07) is 0. The van der Waals surface area contributed by atoms with Gasteiger partial charge in [0.2, 0.25) is 0 Å². The number of rotatable bonds is 0. The monoisotopic (exact) mass is 188 g/mol. The summed E-state index contributed by atoms with van der Waals surface area (Å²) in [6.45, 7) is 0. The second kappa shape index (κ2) is 8.55. The van der Waals surface area contributed by atoms with Gasteiger partial charge < -0.3 is 0 Å². The predicted molar refractivity (Wildman–Crippen MR) is 64.3 cm³/mol. The molecule has 0 fully saturated rings. The van der Waals surface area contributed by atoms with E-state index in [1.807, 2.05) is 0 Å². The van der Waals surface area contributed by atoms with E-state index in [-0.39, 0.29) is 0 Å². The van der Waals surface area contributed by atoms with Crippen LogP contribution in [0.15, 0.2) is 48.6 Å². The lowest BCUT2D eigenvalue weighted by Crippen LogP contribution is -1.72. The van der Waals surface area contributed by atoms with Crippen molar-refractivity contribution in [2.24, 2.45) is 0 Å². The molecule has 0 radical (unpaired) electrons. The second-order valence-electron chi connectivity index (χ2n) is 3.55. The van der Waals surface area contributed by atoms with Crippen LogP contribution in [-0.4, -0.2) is 0 Å². The first-order chi connectivity index (χ1) is 7.00. The number of allylic oxidation sites excluding steroid dienone is 8. The molecule has 0 bridgehead atoms. The van der Waals surface area contributed by atoms with Crippen molar-refractivity contribution in [2.45, 2.75) is 38.5 Å². The Morgan fingerprint density at radius 2 is 1.07 bits per heavy atom. The zero-order valence-electron chi connectivity index (χ0n) is 8.86. The maximum absolute atomic E-state index is 2.30. The third-order valence-corrected chi connectivity index (χ3v) is 2.25. The minimum atomic E-state index is 1.05. The average Bonchev–Trinajstić information content (AvgIpc) is 2.22. The molecule has 1 aliphatic rings. The largest absolute Gasteiger partial charge is 0.0882 e. The van der Waals surface area contributed by atoms with Crippen LogP contribution in [0.4, 0.5) is 0 Å². The SMILES string of the molecule is C1=C\C/C=C\C/C=C\CCCC\C=C/1. The van der Waals surface area contributed by atoms with E-state index in [0.29, 0.717) is 0 Å². The molecule has 0 saturated carbocycles. The van der Waals surface area contributed by atoms with Crippen LogP contribution < -0.4 is 0 Å². The van der Waals surface area contributed by atoms with Crippen LogP contribution >= 0.6 is 0 Å². The van der Waals surface area contributed by atoms with Crippen LogP contribution in [0.2, 0.25) is 0 Å². The zero-order valence-corrected chi connectivity index (χ0v) is 8.86. The first-order valence-corrected chi connectivity index (χ1v) is 5.62. The topological polar surface area (TPSA) is 0 Å². The lowest BCUT2D eigenvalue weighted by atomic mass is 10.1. The van der Waals surface area contributed by atoms with Crippen molar-refractivity contribution in [3.8, 4) is 0 Å². The number of hydrogen-bond acceptors (Lipinski definition) is 0. The Morgan fingerprint density at radius 1 is 0.500 bits per heavy atom. The van der Waals surface area contributed by atoms with Gasteiger partial charge in [-0.1, -0.05) is 48.6 Å². The van der Waals surface area contributed by atoms with Gasteiger partial charge in [0.05, 0.1) is 0 Å². The Kier molecular flexibility index (Phi) is 6.74. The summed E-state index contributed by atoms with van der Waals surface area (Å²) in [4.78, 5) is 0. The fraction of sp³-hybridized carbons (Fsp3) is 0.429. The summed E-state index contributed by atoms with van der Waals surface area (Å²) in [5, 5.41) is 0. The smallest absolute Gasteiger partial charge is 0.0166 e. The van der Waals surface area contributed by atoms with E-state index in [2.05, 4.69) is 48.6 Å². The highest BCUT2D eigenvalue weighted by molar-refractivity contribution is 5.05. The fourth-order valence-electron chi connectivity index (χ4n) is 1.42. The summed E-state index contributed by atoms with van der Waals surface area (Å²) in [5.74, 6) is 0. The van der Waals surface area contributed by atoms with Gasteiger partial charge in [0.1, 0.15) is 0 Å². The van der Waals surface area contributed by atoms with Gasteiger partial charge >= 0.3 is 0 Å². The van der Waals surface area contributed by atoms with Crippen molar-refractivity contribution in [2.75, 3.05) is 0 Å². The first kappa shape index (κ1) is 11.0. The van der Waals surface area contributed by atoms with Gasteiger partial charge in [0.25, 0.3) is 0 Å². The Balaban J connectivity index is 2.35. The van der Waals surface area contributed by atoms with E-state index < -0.39 is 0 Å². The van der Waals surface area contributed by atoms with Gasteiger partial charge in [-0.25, -0.2) is 0 Å². The maximum Gasteiger partial charge on any atom is -0.0166 e. The van der Waals surface area contributed by atoms with Gasteiger partial charge in [-0.05, 0) is 38.5 Å². The van der Waals surface area contributed by atoms with Gasteiger partial charge in [-0.2, -0.15) is 0 Å². The van der Waals surface area contributed by atoms with Gasteiger partial charge in [-0.3, -0.25) is 0 Å². The van der Waals surface area contributed by atoms with E-state index in [0.717, 1.165) is 12.8 Å². The Labute approximate surface area is 87.7 Å². The molecular formula is C14H20. The standard InChI is InChI=1S/C14H20/c1-2-4-6-8-10-12-14-13-11-9-7-5-3-1/h1-4,7,9,13-14H,5-6,8,10-12H2/b3-1-,4-2-,9-7-,14-13-. The van der Waals surface area contributed by atoms with E-state index in [1.54, 1.807) is 0 Å². The molecule has 14 heavy (non-hydrogen) atoms. The van der Waals surface area contributed by atoms with E-state index in [9.17, 15) is 0 Å². The number of hydrogen-bond donors (Lipinski definition) is 0.